The third-order valence-corrected chi connectivity index (χ3v) is 6.79. The Hall–Kier alpha value is -2.58. The predicted octanol–water partition coefficient (Wildman–Crippen LogP) is 5.05. The molecule has 1 aliphatic carbocycles. The van der Waals surface area contributed by atoms with Crippen molar-refractivity contribution in [2.75, 3.05) is 18.4 Å². The molecule has 5 rings (SSSR count). The lowest BCUT2D eigenvalue weighted by Crippen LogP contribution is -2.29. The number of thiazole rings is 1. The molecule has 0 aromatic carbocycles. The molecule has 1 aliphatic heterocycles. The predicted molar refractivity (Wildman–Crippen MR) is 123 cm³/mol. The number of ether oxygens (including phenoxy) is 1. The summed E-state index contributed by atoms with van der Waals surface area (Å²) in [4.78, 5) is 21.6. The summed E-state index contributed by atoms with van der Waals surface area (Å²) in [7, 11) is 0. The molecule has 8 heteroatoms. The van der Waals surface area contributed by atoms with E-state index in [2.05, 4.69) is 30.2 Å². The molecule has 2 fully saturated rings. The number of pyridine rings is 1. The Kier molecular flexibility index (Phi) is 6.36. The van der Waals surface area contributed by atoms with Crippen LogP contribution in [0.1, 0.15) is 50.5 Å². The van der Waals surface area contributed by atoms with Gasteiger partial charge in [-0.1, -0.05) is 23.8 Å². The minimum Gasteiger partial charge on any atom is -0.474 e. The van der Waals surface area contributed by atoms with Gasteiger partial charge in [-0.15, -0.1) is 0 Å². The van der Waals surface area contributed by atoms with Crippen molar-refractivity contribution in [1.29, 1.82) is 0 Å². The Balaban J connectivity index is 1.20. The molecule has 1 saturated carbocycles. The number of nitrogens with one attached hydrogen (secondary N) is 1. The molecule has 1 N–H and O–H groups in total. The SMILES string of the molecule is c1cc(OC2CCCC2)nc(-c2cnc(Nc3ncc(CN4CCCCC4)cn3)s2)c1. The summed E-state index contributed by atoms with van der Waals surface area (Å²) < 4.78 is 6.04. The van der Waals surface area contributed by atoms with Crippen LogP contribution in [0, 0.1) is 0 Å². The molecule has 7 nitrogen and oxygen atoms in total. The van der Waals surface area contributed by atoms with Crippen LogP contribution in [0.3, 0.4) is 0 Å². The lowest BCUT2D eigenvalue weighted by atomic mass is 10.1. The zero-order chi connectivity index (χ0) is 20.9. The maximum Gasteiger partial charge on any atom is 0.228 e. The molecule has 0 spiro atoms. The fraction of sp³-hybridized carbons (Fsp3) is 0.478. The first kappa shape index (κ1) is 20.3. The van der Waals surface area contributed by atoms with Crippen molar-refractivity contribution < 1.29 is 4.74 Å². The minimum atomic E-state index is 0.302. The molecule has 3 aromatic heterocycles. The molecule has 0 unspecified atom stereocenters. The van der Waals surface area contributed by atoms with Gasteiger partial charge in [0.25, 0.3) is 0 Å². The third kappa shape index (κ3) is 5.37. The first-order chi connectivity index (χ1) is 15.3. The average Bonchev–Trinajstić information content (AvgIpc) is 3.48. The number of likely N-dealkylation sites (tertiary alicyclic amines) is 1. The van der Waals surface area contributed by atoms with E-state index in [1.54, 1.807) is 0 Å². The zero-order valence-corrected chi connectivity index (χ0v) is 18.5. The van der Waals surface area contributed by atoms with E-state index in [0.29, 0.717) is 17.9 Å². The van der Waals surface area contributed by atoms with Gasteiger partial charge in [-0.25, -0.2) is 19.9 Å². The largest absolute Gasteiger partial charge is 0.474 e. The number of aromatic nitrogens is 4. The molecular formula is C23H28N6OS. The summed E-state index contributed by atoms with van der Waals surface area (Å²) >= 11 is 1.54. The van der Waals surface area contributed by atoms with Gasteiger partial charge in [-0.3, -0.25) is 4.90 Å². The molecule has 3 aromatic rings. The summed E-state index contributed by atoms with van der Waals surface area (Å²) in [6.45, 7) is 3.26. The van der Waals surface area contributed by atoms with Crippen LogP contribution in [0.25, 0.3) is 10.6 Å². The molecule has 0 radical (unpaired) electrons. The second-order valence-corrected chi connectivity index (χ2v) is 9.32. The van der Waals surface area contributed by atoms with E-state index in [4.69, 9.17) is 4.74 Å². The highest BCUT2D eigenvalue weighted by Gasteiger charge is 2.17. The first-order valence-electron chi connectivity index (χ1n) is 11.2. The van der Waals surface area contributed by atoms with Crippen LogP contribution in [-0.4, -0.2) is 44.0 Å². The Morgan fingerprint density at radius 3 is 2.58 bits per heavy atom. The van der Waals surface area contributed by atoms with Crippen molar-refractivity contribution in [2.45, 2.75) is 57.6 Å². The zero-order valence-electron chi connectivity index (χ0n) is 17.7. The fourth-order valence-electron chi connectivity index (χ4n) is 4.22. The van der Waals surface area contributed by atoms with Crippen molar-refractivity contribution in [3.63, 3.8) is 0 Å². The van der Waals surface area contributed by atoms with E-state index in [1.807, 2.05) is 36.8 Å². The van der Waals surface area contributed by atoms with E-state index in [1.165, 1.54) is 56.5 Å². The topological polar surface area (TPSA) is 76.1 Å². The van der Waals surface area contributed by atoms with Crippen molar-refractivity contribution in [3.8, 4) is 16.5 Å². The molecule has 2 aliphatic rings. The lowest BCUT2D eigenvalue weighted by Gasteiger charge is -2.26. The van der Waals surface area contributed by atoms with Gasteiger partial charge in [0.15, 0.2) is 5.13 Å². The van der Waals surface area contributed by atoms with Crippen molar-refractivity contribution in [1.82, 2.24) is 24.8 Å². The van der Waals surface area contributed by atoms with Crippen molar-refractivity contribution >= 4 is 22.4 Å². The number of hydrogen-bond acceptors (Lipinski definition) is 8. The maximum atomic E-state index is 6.04. The van der Waals surface area contributed by atoms with Crippen LogP contribution in [0.5, 0.6) is 5.88 Å². The van der Waals surface area contributed by atoms with Gasteiger partial charge in [0.2, 0.25) is 11.8 Å². The van der Waals surface area contributed by atoms with Crippen molar-refractivity contribution in [2.24, 2.45) is 0 Å². The fourth-order valence-corrected chi connectivity index (χ4v) is 5.00. The molecule has 4 heterocycles. The van der Waals surface area contributed by atoms with Crippen LogP contribution in [-0.2, 0) is 6.54 Å². The van der Waals surface area contributed by atoms with E-state index < -0.39 is 0 Å². The highest BCUT2D eigenvalue weighted by molar-refractivity contribution is 7.18. The number of hydrogen-bond donors (Lipinski definition) is 1. The number of anilines is 2. The van der Waals surface area contributed by atoms with Gasteiger partial charge in [0.05, 0.1) is 10.6 Å². The quantitative estimate of drug-likeness (QED) is 0.556. The maximum absolute atomic E-state index is 6.04. The number of rotatable bonds is 7. The Morgan fingerprint density at radius 2 is 1.77 bits per heavy atom. The minimum absolute atomic E-state index is 0.302. The van der Waals surface area contributed by atoms with Crippen LogP contribution >= 0.6 is 11.3 Å². The van der Waals surface area contributed by atoms with Gasteiger partial charge in [-0.05, 0) is 57.7 Å². The normalized spacial score (nSPS) is 17.7. The molecule has 1 saturated heterocycles. The van der Waals surface area contributed by atoms with Crippen LogP contribution in [0.4, 0.5) is 11.1 Å². The average molecular weight is 437 g/mol. The van der Waals surface area contributed by atoms with Gasteiger partial charge >= 0.3 is 0 Å². The second kappa shape index (κ2) is 9.70. The van der Waals surface area contributed by atoms with E-state index in [9.17, 15) is 0 Å². The van der Waals surface area contributed by atoms with E-state index >= 15 is 0 Å². The lowest BCUT2D eigenvalue weighted by molar-refractivity contribution is 0.201. The molecule has 0 bridgehead atoms. The van der Waals surface area contributed by atoms with Gasteiger partial charge in [0.1, 0.15) is 6.10 Å². The molecule has 0 atom stereocenters. The summed E-state index contributed by atoms with van der Waals surface area (Å²) in [6.07, 6.45) is 14.6. The monoisotopic (exact) mass is 436 g/mol. The smallest absolute Gasteiger partial charge is 0.228 e. The second-order valence-electron chi connectivity index (χ2n) is 8.29. The van der Waals surface area contributed by atoms with Crippen LogP contribution in [0.15, 0.2) is 36.8 Å². The molecule has 31 heavy (non-hydrogen) atoms. The van der Waals surface area contributed by atoms with Gasteiger partial charge in [-0.2, -0.15) is 0 Å². The van der Waals surface area contributed by atoms with Gasteiger partial charge in [0, 0.05) is 36.8 Å². The number of piperidine rings is 1. The summed E-state index contributed by atoms with van der Waals surface area (Å²) in [6, 6.07) is 5.91. The first-order valence-corrected chi connectivity index (χ1v) is 12.0. The van der Waals surface area contributed by atoms with E-state index in [-0.39, 0.29) is 0 Å². The highest BCUT2D eigenvalue weighted by Crippen LogP contribution is 2.31. The standard InChI is InChI=1S/C23H28N6OS/c1-4-11-29(12-5-1)16-17-13-24-22(25-14-17)28-23-26-15-20(31-23)19-9-6-10-21(27-19)30-18-7-2-3-8-18/h6,9-10,13-15,18H,1-5,7-8,11-12,16H2,(H,24,25,26,28). The number of nitrogens with zero attached hydrogens (tertiary/aromatic N) is 5. The van der Waals surface area contributed by atoms with Crippen LogP contribution in [0.2, 0.25) is 0 Å². The molecular weight excluding hydrogens is 408 g/mol. The Morgan fingerprint density at radius 1 is 0.968 bits per heavy atom. The highest BCUT2D eigenvalue weighted by atomic mass is 32.1. The summed E-state index contributed by atoms with van der Waals surface area (Å²) in [5.41, 5.74) is 2.02. The Labute approximate surface area is 186 Å². The van der Waals surface area contributed by atoms with Crippen LogP contribution < -0.4 is 10.1 Å². The summed E-state index contributed by atoms with van der Waals surface area (Å²) in [5, 5.41) is 3.96. The Bertz CT molecular complexity index is 980. The van der Waals surface area contributed by atoms with Gasteiger partial charge < -0.3 is 10.1 Å². The third-order valence-electron chi connectivity index (χ3n) is 5.85. The summed E-state index contributed by atoms with van der Waals surface area (Å²) in [5.74, 6) is 1.26. The van der Waals surface area contributed by atoms with E-state index in [0.717, 1.165) is 40.7 Å². The molecule has 162 valence electrons. The molecule has 0 amide bonds. The van der Waals surface area contributed by atoms with Crippen molar-refractivity contribution in [3.05, 3.63) is 42.4 Å².